The Morgan fingerprint density at radius 2 is 2.27 bits per heavy atom. The maximum Gasteiger partial charge on any atom is 0.159 e. The average Bonchev–Trinajstić information content (AvgIpc) is 2.01. The minimum Gasteiger partial charge on any atom is -0.484 e. The second kappa shape index (κ2) is 6.52. The van der Waals surface area contributed by atoms with Crippen molar-refractivity contribution >= 4 is 17.3 Å². The highest BCUT2D eigenvalue weighted by molar-refractivity contribution is 7.80. The summed E-state index contributed by atoms with van der Waals surface area (Å²) in [5.41, 5.74) is 0. The summed E-state index contributed by atoms with van der Waals surface area (Å²) < 4.78 is 4.96. The molecule has 3 nitrogen and oxygen atoms in total. The molecular weight excluding hydrogens is 164 g/mol. The first kappa shape index (κ1) is 10.8. The number of aliphatic hydroxyl groups is 2. The van der Waals surface area contributed by atoms with Gasteiger partial charge >= 0.3 is 0 Å². The first-order valence-corrected chi connectivity index (χ1v) is 4.06. The van der Waals surface area contributed by atoms with Crippen LogP contribution < -0.4 is 0 Å². The molecule has 0 aromatic heterocycles. The topological polar surface area (TPSA) is 49.7 Å². The van der Waals surface area contributed by atoms with Crippen molar-refractivity contribution in [2.24, 2.45) is 0 Å². The van der Waals surface area contributed by atoms with Gasteiger partial charge in [0.25, 0.3) is 0 Å². The van der Waals surface area contributed by atoms with E-state index in [2.05, 4.69) is 0 Å². The second-order valence-corrected chi connectivity index (χ2v) is 2.72. The molecule has 1 unspecified atom stereocenters. The lowest BCUT2D eigenvalue weighted by Gasteiger charge is -2.09. The Bertz CT molecular complexity index is 116. The van der Waals surface area contributed by atoms with E-state index < -0.39 is 6.10 Å². The summed E-state index contributed by atoms with van der Waals surface area (Å²) in [6.45, 7) is 1.81. The third kappa shape index (κ3) is 6.22. The van der Waals surface area contributed by atoms with Crippen LogP contribution in [0.4, 0.5) is 0 Å². The molecule has 0 bridgehead atoms. The Labute approximate surface area is 72.0 Å². The molecule has 0 amide bonds. The Kier molecular flexibility index (Phi) is 6.40. The fourth-order valence-electron chi connectivity index (χ4n) is 0.518. The van der Waals surface area contributed by atoms with E-state index >= 15 is 0 Å². The fraction of sp³-hybridized carbons (Fsp3) is 0.857. The standard InChI is InChI=1S/C7H14O3S/c1-2-3-7(11)10-5-6(9)4-8/h6,8-9H,2-5H2,1H3. The minimum atomic E-state index is -0.815. The van der Waals surface area contributed by atoms with Crippen LogP contribution >= 0.6 is 12.2 Å². The van der Waals surface area contributed by atoms with E-state index in [1.165, 1.54) is 0 Å². The lowest BCUT2D eigenvalue weighted by Crippen LogP contribution is -2.21. The number of rotatable bonds is 5. The zero-order chi connectivity index (χ0) is 8.69. The van der Waals surface area contributed by atoms with Gasteiger partial charge in [-0.05, 0) is 18.6 Å². The third-order valence-corrected chi connectivity index (χ3v) is 1.42. The molecule has 4 heteroatoms. The van der Waals surface area contributed by atoms with Gasteiger partial charge in [-0.1, -0.05) is 6.92 Å². The lowest BCUT2D eigenvalue weighted by molar-refractivity contribution is 0.0499. The molecule has 0 rings (SSSR count). The Balaban J connectivity index is 3.30. The van der Waals surface area contributed by atoms with Crippen molar-refractivity contribution in [3.63, 3.8) is 0 Å². The molecule has 0 aliphatic heterocycles. The average molecular weight is 178 g/mol. The van der Waals surface area contributed by atoms with Gasteiger partial charge in [0.05, 0.1) is 6.61 Å². The smallest absolute Gasteiger partial charge is 0.159 e. The first-order valence-electron chi connectivity index (χ1n) is 3.65. The number of aliphatic hydroxyl groups excluding tert-OH is 2. The van der Waals surface area contributed by atoms with Gasteiger partial charge in [0.2, 0.25) is 0 Å². The van der Waals surface area contributed by atoms with Crippen LogP contribution in [0.2, 0.25) is 0 Å². The van der Waals surface area contributed by atoms with Gasteiger partial charge in [0.15, 0.2) is 5.05 Å². The molecule has 0 radical (unpaired) electrons. The number of thiocarbonyl (C=S) groups is 1. The van der Waals surface area contributed by atoms with Gasteiger partial charge in [-0.3, -0.25) is 0 Å². The highest BCUT2D eigenvalue weighted by Crippen LogP contribution is 1.95. The molecule has 0 fully saturated rings. The summed E-state index contributed by atoms with van der Waals surface area (Å²) in [6.07, 6.45) is 0.853. The van der Waals surface area contributed by atoms with E-state index in [4.69, 9.17) is 27.2 Å². The summed E-state index contributed by atoms with van der Waals surface area (Å²) >= 11 is 4.80. The highest BCUT2D eigenvalue weighted by Gasteiger charge is 2.03. The zero-order valence-electron chi connectivity index (χ0n) is 6.62. The molecule has 2 N–H and O–H groups in total. The highest BCUT2D eigenvalue weighted by atomic mass is 32.1. The van der Waals surface area contributed by atoms with Crippen LogP contribution in [-0.2, 0) is 4.74 Å². The third-order valence-electron chi connectivity index (χ3n) is 1.10. The van der Waals surface area contributed by atoms with Crippen LogP contribution in [0, 0.1) is 0 Å². The zero-order valence-corrected chi connectivity index (χ0v) is 7.43. The van der Waals surface area contributed by atoms with Crippen LogP contribution in [0.5, 0.6) is 0 Å². The summed E-state index contributed by atoms with van der Waals surface area (Å²) in [5, 5.41) is 17.7. The summed E-state index contributed by atoms with van der Waals surface area (Å²) in [6, 6.07) is 0. The fourth-order valence-corrected chi connectivity index (χ4v) is 0.790. The van der Waals surface area contributed by atoms with Gasteiger partial charge in [-0.25, -0.2) is 0 Å². The second-order valence-electron chi connectivity index (χ2n) is 2.27. The molecule has 11 heavy (non-hydrogen) atoms. The number of ether oxygens (including phenoxy) is 1. The number of hydrogen-bond donors (Lipinski definition) is 2. The van der Waals surface area contributed by atoms with E-state index in [0.29, 0.717) is 5.05 Å². The van der Waals surface area contributed by atoms with Crippen molar-refractivity contribution in [1.82, 2.24) is 0 Å². The van der Waals surface area contributed by atoms with Crippen molar-refractivity contribution in [2.45, 2.75) is 25.9 Å². The lowest BCUT2D eigenvalue weighted by atomic mass is 10.3. The van der Waals surface area contributed by atoms with Gasteiger partial charge in [0.1, 0.15) is 12.7 Å². The van der Waals surface area contributed by atoms with Crippen molar-refractivity contribution in [3.05, 3.63) is 0 Å². The number of hydrogen-bond acceptors (Lipinski definition) is 4. The van der Waals surface area contributed by atoms with E-state index in [9.17, 15) is 0 Å². The first-order chi connectivity index (χ1) is 5.20. The Hall–Kier alpha value is -0.190. The van der Waals surface area contributed by atoms with Crippen molar-refractivity contribution < 1.29 is 14.9 Å². The maximum atomic E-state index is 8.84. The van der Waals surface area contributed by atoms with E-state index in [0.717, 1.165) is 12.8 Å². The monoisotopic (exact) mass is 178 g/mol. The molecule has 0 heterocycles. The normalized spacial score (nSPS) is 12.6. The van der Waals surface area contributed by atoms with Crippen LogP contribution in [0.15, 0.2) is 0 Å². The minimum absolute atomic E-state index is 0.0926. The summed E-state index contributed by atoms with van der Waals surface area (Å²) in [7, 11) is 0. The molecule has 0 aromatic carbocycles. The van der Waals surface area contributed by atoms with Crippen molar-refractivity contribution in [3.8, 4) is 0 Å². The molecule has 0 aliphatic carbocycles. The molecule has 0 saturated heterocycles. The predicted molar refractivity (Wildman–Crippen MR) is 46.6 cm³/mol. The molecule has 1 atom stereocenters. The molecule has 66 valence electrons. The Morgan fingerprint density at radius 3 is 2.73 bits per heavy atom. The van der Waals surface area contributed by atoms with E-state index in [1.807, 2.05) is 6.92 Å². The summed E-state index contributed by atoms with van der Waals surface area (Å²) in [5.74, 6) is 0. The Morgan fingerprint density at radius 1 is 1.64 bits per heavy atom. The molecule has 0 saturated carbocycles. The van der Waals surface area contributed by atoms with E-state index in [1.54, 1.807) is 0 Å². The molecule has 0 aliphatic rings. The van der Waals surface area contributed by atoms with Gasteiger partial charge in [-0.2, -0.15) is 0 Å². The van der Waals surface area contributed by atoms with Crippen LogP contribution in [-0.4, -0.2) is 34.6 Å². The molecule has 0 spiro atoms. The molecule has 0 aromatic rings. The SMILES string of the molecule is CCCC(=S)OCC(O)CO. The maximum absolute atomic E-state index is 8.84. The quantitative estimate of drug-likeness (QED) is 0.601. The van der Waals surface area contributed by atoms with Crippen LogP contribution in [0.3, 0.4) is 0 Å². The van der Waals surface area contributed by atoms with Gasteiger partial charge in [0, 0.05) is 6.42 Å². The largest absolute Gasteiger partial charge is 0.484 e. The molecular formula is C7H14O3S. The van der Waals surface area contributed by atoms with Gasteiger partial charge < -0.3 is 14.9 Å². The predicted octanol–water partition coefficient (Wildman–Crippen LogP) is 0.484. The van der Waals surface area contributed by atoms with Crippen molar-refractivity contribution in [2.75, 3.05) is 13.2 Å². The van der Waals surface area contributed by atoms with Crippen LogP contribution in [0.1, 0.15) is 19.8 Å². The van der Waals surface area contributed by atoms with Gasteiger partial charge in [-0.15, -0.1) is 0 Å². The van der Waals surface area contributed by atoms with E-state index in [-0.39, 0.29) is 13.2 Å². The van der Waals surface area contributed by atoms with Crippen LogP contribution in [0.25, 0.3) is 0 Å². The summed E-state index contributed by atoms with van der Waals surface area (Å²) in [4.78, 5) is 0. The van der Waals surface area contributed by atoms with Crippen molar-refractivity contribution in [1.29, 1.82) is 0 Å².